The zero-order valence-corrected chi connectivity index (χ0v) is 16.7. The number of aliphatic hydroxyl groups excluding tert-OH is 1. The van der Waals surface area contributed by atoms with E-state index in [1.165, 1.54) is 20.2 Å². The molecule has 0 amide bonds. The van der Waals surface area contributed by atoms with Crippen molar-refractivity contribution in [3.05, 3.63) is 34.9 Å². The highest BCUT2D eigenvalue weighted by Crippen LogP contribution is 2.31. The van der Waals surface area contributed by atoms with E-state index >= 15 is 0 Å². The summed E-state index contributed by atoms with van der Waals surface area (Å²) in [7, 11) is -0.585. The maximum atomic E-state index is 12.9. The van der Waals surface area contributed by atoms with E-state index in [0.29, 0.717) is 12.1 Å². The van der Waals surface area contributed by atoms with Gasteiger partial charge in [0.05, 0.1) is 17.4 Å². The van der Waals surface area contributed by atoms with E-state index in [4.69, 9.17) is 9.90 Å². The van der Waals surface area contributed by atoms with Crippen LogP contribution in [-0.4, -0.2) is 73.3 Å². The largest absolute Gasteiger partial charge is 0.483 e. The molecule has 2 rings (SSSR count). The van der Waals surface area contributed by atoms with Crippen molar-refractivity contribution in [3.8, 4) is 0 Å². The van der Waals surface area contributed by atoms with Gasteiger partial charge in [-0.05, 0) is 30.2 Å². The van der Waals surface area contributed by atoms with Gasteiger partial charge in [0.15, 0.2) is 0 Å². The Morgan fingerprint density at radius 3 is 2.36 bits per heavy atom. The Kier molecular flexibility index (Phi) is 8.42. The SMILES string of the molecule is Cc1ccc(C(F)(F)F)cc1CN1C[C@@H](CS(=O)(=O)N(C)C)[C@H](O)C1.O=CO. The Bertz CT molecular complexity index is 769. The second kappa shape index (κ2) is 9.68. The summed E-state index contributed by atoms with van der Waals surface area (Å²) in [4.78, 5) is 10.2. The normalized spacial score (nSPS) is 20.7. The van der Waals surface area contributed by atoms with Crippen molar-refractivity contribution in [2.75, 3.05) is 32.9 Å². The Balaban J connectivity index is 0.00000122. The van der Waals surface area contributed by atoms with Crippen molar-refractivity contribution in [1.82, 2.24) is 9.21 Å². The molecule has 1 fully saturated rings. The van der Waals surface area contributed by atoms with Gasteiger partial charge in [0.25, 0.3) is 6.47 Å². The molecular weight excluding hydrogens is 401 g/mol. The molecule has 0 saturated carbocycles. The van der Waals surface area contributed by atoms with Crippen LogP contribution in [0.5, 0.6) is 0 Å². The average Bonchev–Trinajstić information content (AvgIpc) is 2.88. The first-order valence-corrected chi connectivity index (χ1v) is 9.98. The molecule has 1 aliphatic heterocycles. The number of halogens is 3. The van der Waals surface area contributed by atoms with Gasteiger partial charge in [0.1, 0.15) is 0 Å². The van der Waals surface area contributed by atoms with Gasteiger partial charge in [-0.1, -0.05) is 6.07 Å². The monoisotopic (exact) mass is 426 g/mol. The molecule has 0 bridgehead atoms. The average molecular weight is 426 g/mol. The van der Waals surface area contributed by atoms with E-state index in [9.17, 15) is 26.7 Å². The minimum atomic E-state index is -4.41. The molecule has 160 valence electrons. The second-order valence-corrected chi connectivity index (χ2v) is 9.05. The van der Waals surface area contributed by atoms with Crippen LogP contribution in [0.3, 0.4) is 0 Å². The van der Waals surface area contributed by atoms with Crippen LogP contribution in [0.1, 0.15) is 16.7 Å². The molecule has 0 aliphatic carbocycles. The smallest absolute Gasteiger partial charge is 0.416 e. The van der Waals surface area contributed by atoms with Crippen LogP contribution in [0.15, 0.2) is 18.2 Å². The van der Waals surface area contributed by atoms with E-state index in [1.54, 1.807) is 11.8 Å². The summed E-state index contributed by atoms with van der Waals surface area (Å²) in [6.07, 6.45) is -5.23. The van der Waals surface area contributed by atoms with Crippen LogP contribution < -0.4 is 0 Å². The van der Waals surface area contributed by atoms with Gasteiger partial charge in [-0.2, -0.15) is 13.2 Å². The number of benzene rings is 1. The third-order valence-electron chi connectivity index (χ3n) is 4.53. The number of sulfonamides is 1. The van der Waals surface area contributed by atoms with Crippen LogP contribution in [0.2, 0.25) is 0 Å². The Hall–Kier alpha value is -1.69. The van der Waals surface area contributed by atoms with Crippen molar-refractivity contribution in [2.24, 2.45) is 5.92 Å². The first-order valence-electron chi connectivity index (χ1n) is 8.37. The summed E-state index contributed by atoms with van der Waals surface area (Å²) in [5.41, 5.74) is 0.546. The number of rotatable bonds is 5. The molecule has 1 heterocycles. The summed E-state index contributed by atoms with van der Waals surface area (Å²) in [6, 6.07) is 3.59. The fraction of sp³-hybridized carbons (Fsp3) is 0.588. The summed E-state index contributed by atoms with van der Waals surface area (Å²) >= 11 is 0. The van der Waals surface area contributed by atoms with Crippen LogP contribution in [-0.2, 0) is 27.5 Å². The third-order valence-corrected chi connectivity index (χ3v) is 6.50. The number of hydrogen-bond donors (Lipinski definition) is 2. The molecular formula is C17H25F3N2O5S. The Morgan fingerprint density at radius 2 is 1.86 bits per heavy atom. The number of carbonyl (C=O) groups is 1. The molecule has 0 spiro atoms. The lowest BCUT2D eigenvalue weighted by Gasteiger charge is -2.19. The number of hydrogen-bond acceptors (Lipinski definition) is 5. The summed E-state index contributed by atoms with van der Waals surface area (Å²) in [5.74, 6) is -0.641. The number of likely N-dealkylation sites (tertiary alicyclic amines) is 1. The van der Waals surface area contributed by atoms with Gasteiger partial charge in [-0.25, -0.2) is 12.7 Å². The minimum absolute atomic E-state index is 0.181. The van der Waals surface area contributed by atoms with Gasteiger partial charge in [0.2, 0.25) is 10.0 Å². The van der Waals surface area contributed by atoms with Crippen molar-refractivity contribution < 1.29 is 36.6 Å². The molecule has 0 aromatic heterocycles. The maximum absolute atomic E-state index is 12.9. The Morgan fingerprint density at radius 1 is 1.29 bits per heavy atom. The molecule has 1 aromatic rings. The van der Waals surface area contributed by atoms with E-state index < -0.39 is 33.8 Å². The lowest BCUT2D eigenvalue weighted by atomic mass is 10.0. The molecule has 0 unspecified atom stereocenters. The minimum Gasteiger partial charge on any atom is -0.483 e. The summed E-state index contributed by atoms with van der Waals surface area (Å²) < 4.78 is 63.7. The van der Waals surface area contributed by atoms with E-state index in [1.807, 2.05) is 0 Å². The number of alkyl halides is 3. The fourth-order valence-electron chi connectivity index (χ4n) is 2.91. The van der Waals surface area contributed by atoms with E-state index in [-0.39, 0.29) is 25.3 Å². The number of carboxylic acid groups (broad SMARTS) is 1. The van der Waals surface area contributed by atoms with Crippen LogP contribution in [0, 0.1) is 12.8 Å². The first kappa shape index (κ1) is 24.3. The highest BCUT2D eigenvalue weighted by atomic mass is 32.2. The molecule has 11 heteroatoms. The van der Waals surface area contributed by atoms with Crippen LogP contribution in [0.4, 0.5) is 13.2 Å². The van der Waals surface area contributed by atoms with E-state index in [2.05, 4.69) is 0 Å². The van der Waals surface area contributed by atoms with Gasteiger partial charge < -0.3 is 10.2 Å². The first-order chi connectivity index (χ1) is 12.8. The highest BCUT2D eigenvalue weighted by molar-refractivity contribution is 7.89. The molecule has 0 radical (unpaired) electrons. The number of β-amino-alcohol motifs (C(OH)–C–C–N with tert-alkyl or cyclic N) is 1. The second-order valence-electron chi connectivity index (χ2n) is 6.83. The molecule has 1 aliphatic rings. The number of aliphatic hydroxyl groups is 1. The molecule has 1 aromatic carbocycles. The Labute approximate surface area is 162 Å². The molecule has 2 N–H and O–H groups in total. The lowest BCUT2D eigenvalue weighted by Crippen LogP contribution is -2.33. The molecule has 2 atom stereocenters. The lowest BCUT2D eigenvalue weighted by molar-refractivity contribution is -0.137. The fourth-order valence-corrected chi connectivity index (χ4v) is 4.08. The zero-order chi connectivity index (χ0) is 21.7. The van der Waals surface area contributed by atoms with Crippen molar-refractivity contribution >= 4 is 16.5 Å². The van der Waals surface area contributed by atoms with Crippen LogP contribution in [0.25, 0.3) is 0 Å². The van der Waals surface area contributed by atoms with Crippen LogP contribution >= 0.6 is 0 Å². The van der Waals surface area contributed by atoms with Gasteiger partial charge in [-0.3, -0.25) is 9.69 Å². The molecule has 1 saturated heterocycles. The number of aryl methyl sites for hydroxylation is 1. The number of nitrogens with zero attached hydrogens (tertiary/aromatic N) is 2. The molecule has 28 heavy (non-hydrogen) atoms. The third kappa shape index (κ3) is 6.73. The van der Waals surface area contributed by atoms with Gasteiger partial charge >= 0.3 is 6.18 Å². The quantitative estimate of drug-likeness (QED) is 0.691. The van der Waals surface area contributed by atoms with Crippen molar-refractivity contribution in [2.45, 2.75) is 25.7 Å². The van der Waals surface area contributed by atoms with E-state index in [0.717, 1.165) is 22.0 Å². The van der Waals surface area contributed by atoms with Gasteiger partial charge in [-0.15, -0.1) is 0 Å². The predicted octanol–water partition coefficient (Wildman–Crippen LogP) is 1.40. The summed E-state index contributed by atoms with van der Waals surface area (Å²) in [5, 5.41) is 17.0. The van der Waals surface area contributed by atoms with Crippen molar-refractivity contribution in [3.63, 3.8) is 0 Å². The summed E-state index contributed by atoms with van der Waals surface area (Å²) in [6.45, 7) is 2.29. The highest BCUT2D eigenvalue weighted by Gasteiger charge is 2.36. The maximum Gasteiger partial charge on any atom is 0.416 e. The topological polar surface area (TPSA) is 98.2 Å². The van der Waals surface area contributed by atoms with Gasteiger partial charge in [0, 0.05) is 39.6 Å². The molecule has 7 nitrogen and oxygen atoms in total. The predicted molar refractivity (Wildman–Crippen MR) is 97.1 cm³/mol. The zero-order valence-electron chi connectivity index (χ0n) is 15.8. The van der Waals surface area contributed by atoms with Crippen molar-refractivity contribution in [1.29, 1.82) is 0 Å². The standard InChI is InChI=1S/C16H23F3N2O3S.CH2O2/c1-11-4-5-14(16(17,18)19)6-12(11)7-21-8-13(15(22)9-21)10-25(23,24)20(2)3;2-1-3/h4-6,13,15,22H,7-10H2,1-3H3;1H,(H,2,3)/t13-,15+;/m0./s1.